The average molecular weight is 719 g/mol. The molecule has 0 amide bonds. The third-order valence-electron chi connectivity index (χ3n) is 10.4. The van der Waals surface area contributed by atoms with E-state index >= 15 is 0 Å². The first-order valence-electron chi connectivity index (χ1n) is 18.5. The molecule has 0 radical (unpaired) electrons. The fraction of sp³-hybridized carbons (Fsp3) is 0. The van der Waals surface area contributed by atoms with Gasteiger partial charge in [0, 0.05) is 39.1 Å². The maximum Gasteiger partial charge on any atom is 0.227 e. The van der Waals surface area contributed by atoms with Gasteiger partial charge in [-0.25, -0.2) is 19.9 Å². The van der Waals surface area contributed by atoms with Gasteiger partial charge in [-0.3, -0.25) is 0 Å². The van der Waals surface area contributed by atoms with E-state index in [2.05, 4.69) is 84.9 Å². The predicted molar refractivity (Wildman–Crippen MR) is 225 cm³/mol. The van der Waals surface area contributed by atoms with Crippen molar-refractivity contribution in [3.8, 4) is 67.9 Å². The van der Waals surface area contributed by atoms with E-state index in [1.807, 2.05) is 97.1 Å². The zero-order valence-electron chi connectivity index (χ0n) is 29.9. The number of benzene rings is 8. The van der Waals surface area contributed by atoms with Crippen LogP contribution in [0.4, 0.5) is 0 Å². The second kappa shape index (κ2) is 13.0. The molecule has 0 atom stereocenters. The van der Waals surface area contributed by atoms with Crippen LogP contribution in [-0.4, -0.2) is 19.9 Å². The van der Waals surface area contributed by atoms with Gasteiger partial charge in [0.1, 0.15) is 16.7 Å². The topological polar surface area (TPSA) is 77.8 Å². The van der Waals surface area contributed by atoms with Gasteiger partial charge in [-0.2, -0.15) is 0 Å². The number of fused-ring (bicyclic) bond motifs is 5. The van der Waals surface area contributed by atoms with Gasteiger partial charge in [-0.05, 0) is 69.4 Å². The molecule has 3 heterocycles. The SMILES string of the molecule is c1ccc(-c2ccc(-c3nc4cc5oc6cc(-c7nc(-c8ccc9ccccc9c8)nc(-c8ccccc8-c8ccccc8)n7)ccc6c5cc4o3)cc2)cc1. The second-order valence-electron chi connectivity index (χ2n) is 13.9. The van der Waals surface area contributed by atoms with Crippen LogP contribution in [-0.2, 0) is 0 Å². The molecule has 8 aromatic carbocycles. The summed E-state index contributed by atoms with van der Waals surface area (Å²) in [6.07, 6.45) is 0. The van der Waals surface area contributed by atoms with Crippen molar-refractivity contribution in [2.24, 2.45) is 0 Å². The minimum absolute atomic E-state index is 0.557. The number of rotatable bonds is 6. The van der Waals surface area contributed by atoms with Crippen LogP contribution in [0.2, 0.25) is 0 Å². The van der Waals surface area contributed by atoms with Gasteiger partial charge in [-0.1, -0.05) is 140 Å². The van der Waals surface area contributed by atoms with Crippen molar-refractivity contribution in [3.63, 3.8) is 0 Å². The maximum absolute atomic E-state index is 6.50. The molecule has 3 aromatic heterocycles. The van der Waals surface area contributed by atoms with E-state index in [1.165, 1.54) is 5.56 Å². The molecule has 6 heteroatoms. The van der Waals surface area contributed by atoms with Crippen LogP contribution >= 0.6 is 0 Å². The van der Waals surface area contributed by atoms with Crippen LogP contribution in [0, 0.1) is 0 Å². The third kappa shape index (κ3) is 5.60. The Morgan fingerprint density at radius 1 is 0.304 bits per heavy atom. The largest absolute Gasteiger partial charge is 0.456 e. The number of hydrogen-bond donors (Lipinski definition) is 0. The van der Waals surface area contributed by atoms with E-state index in [9.17, 15) is 0 Å². The number of aromatic nitrogens is 4. The first kappa shape index (κ1) is 31.8. The smallest absolute Gasteiger partial charge is 0.227 e. The quantitative estimate of drug-likeness (QED) is 0.170. The predicted octanol–water partition coefficient (Wildman–Crippen LogP) is 13.1. The van der Waals surface area contributed by atoms with Crippen molar-refractivity contribution in [1.82, 2.24) is 19.9 Å². The van der Waals surface area contributed by atoms with Gasteiger partial charge in [0.25, 0.3) is 0 Å². The summed E-state index contributed by atoms with van der Waals surface area (Å²) < 4.78 is 12.8. The zero-order chi connectivity index (χ0) is 37.0. The van der Waals surface area contributed by atoms with Crippen molar-refractivity contribution in [1.29, 1.82) is 0 Å². The number of hydrogen-bond acceptors (Lipinski definition) is 6. The minimum Gasteiger partial charge on any atom is -0.456 e. The lowest BCUT2D eigenvalue weighted by Crippen LogP contribution is -2.01. The standard InChI is InChI=1S/C50H30N4O2/c1-3-11-31(12-4-1)33-19-22-35(23-20-33)50-51-43-30-45-42(29-46(43)56-50)40-26-25-38(28-44(40)55-45)48-52-47(37-24-21-32-13-7-8-16-36(32)27-37)53-49(54-48)41-18-10-9-17-39(41)34-14-5-2-6-15-34/h1-30H. The highest BCUT2D eigenvalue weighted by Crippen LogP contribution is 2.37. The summed E-state index contributed by atoms with van der Waals surface area (Å²) in [6.45, 7) is 0. The first-order chi connectivity index (χ1) is 27.7. The molecule has 0 fully saturated rings. The molecule has 0 saturated heterocycles. The Morgan fingerprint density at radius 3 is 1.66 bits per heavy atom. The highest BCUT2D eigenvalue weighted by molar-refractivity contribution is 6.09. The van der Waals surface area contributed by atoms with Crippen molar-refractivity contribution in [3.05, 3.63) is 182 Å². The Labute approximate surface area is 321 Å². The first-order valence-corrected chi connectivity index (χ1v) is 18.5. The van der Waals surface area contributed by atoms with Crippen LogP contribution in [0.15, 0.2) is 191 Å². The summed E-state index contributed by atoms with van der Waals surface area (Å²) in [4.78, 5) is 20.1. The van der Waals surface area contributed by atoms with E-state index in [1.54, 1.807) is 0 Å². The molecule has 0 bridgehead atoms. The van der Waals surface area contributed by atoms with Crippen LogP contribution in [0.5, 0.6) is 0 Å². The van der Waals surface area contributed by atoms with E-state index in [-0.39, 0.29) is 0 Å². The van der Waals surface area contributed by atoms with Crippen LogP contribution in [0.25, 0.3) is 112 Å². The molecule has 0 N–H and O–H groups in total. The fourth-order valence-corrected chi connectivity index (χ4v) is 7.53. The van der Waals surface area contributed by atoms with Gasteiger partial charge in [0.05, 0.1) is 0 Å². The summed E-state index contributed by atoms with van der Waals surface area (Å²) >= 11 is 0. The van der Waals surface area contributed by atoms with Crippen molar-refractivity contribution >= 4 is 43.8 Å². The van der Waals surface area contributed by atoms with E-state index in [4.69, 9.17) is 28.8 Å². The van der Waals surface area contributed by atoms with Gasteiger partial charge >= 0.3 is 0 Å². The van der Waals surface area contributed by atoms with Gasteiger partial charge < -0.3 is 8.83 Å². The Balaban J connectivity index is 1.00. The Bertz CT molecular complexity index is 3240. The molecule has 0 spiro atoms. The second-order valence-corrected chi connectivity index (χ2v) is 13.9. The van der Waals surface area contributed by atoms with E-state index < -0.39 is 0 Å². The van der Waals surface area contributed by atoms with Gasteiger partial charge in [0.15, 0.2) is 23.1 Å². The van der Waals surface area contributed by atoms with Gasteiger partial charge in [-0.15, -0.1) is 0 Å². The van der Waals surface area contributed by atoms with E-state index in [0.29, 0.717) is 28.9 Å². The normalized spacial score (nSPS) is 11.6. The molecule has 11 rings (SSSR count). The third-order valence-corrected chi connectivity index (χ3v) is 10.4. The summed E-state index contributed by atoms with van der Waals surface area (Å²) in [6, 6.07) is 61.9. The summed E-state index contributed by atoms with van der Waals surface area (Å²) in [5.74, 6) is 2.32. The molecule has 6 nitrogen and oxygen atoms in total. The zero-order valence-corrected chi connectivity index (χ0v) is 29.9. The van der Waals surface area contributed by atoms with Crippen molar-refractivity contribution in [2.45, 2.75) is 0 Å². The molecule has 0 aliphatic carbocycles. The van der Waals surface area contributed by atoms with Crippen LogP contribution in [0.3, 0.4) is 0 Å². The molecule has 56 heavy (non-hydrogen) atoms. The lowest BCUT2D eigenvalue weighted by molar-refractivity contribution is 0.620. The molecule has 0 unspecified atom stereocenters. The Kier molecular flexibility index (Phi) is 7.38. The van der Waals surface area contributed by atoms with E-state index in [0.717, 1.165) is 77.2 Å². The molecule has 0 aliphatic heterocycles. The average Bonchev–Trinajstić information content (AvgIpc) is 3.86. The molecule has 262 valence electrons. The lowest BCUT2D eigenvalue weighted by atomic mass is 9.99. The summed E-state index contributed by atoms with van der Waals surface area (Å²) in [5.41, 5.74) is 10.9. The fourth-order valence-electron chi connectivity index (χ4n) is 7.53. The Morgan fingerprint density at radius 2 is 0.875 bits per heavy atom. The monoisotopic (exact) mass is 718 g/mol. The molecule has 0 saturated carbocycles. The summed E-state index contributed by atoms with van der Waals surface area (Å²) in [5, 5.41) is 4.20. The maximum atomic E-state index is 6.50. The number of oxazole rings is 1. The highest BCUT2D eigenvalue weighted by atomic mass is 16.4. The highest BCUT2D eigenvalue weighted by Gasteiger charge is 2.19. The minimum atomic E-state index is 0.557. The number of nitrogens with zero attached hydrogens (tertiary/aromatic N) is 4. The molecular weight excluding hydrogens is 689 g/mol. The van der Waals surface area contributed by atoms with Crippen molar-refractivity contribution < 1.29 is 8.83 Å². The van der Waals surface area contributed by atoms with Crippen LogP contribution < -0.4 is 0 Å². The molecular formula is C50H30N4O2. The number of furan rings is 1. The van der Waals surface area contributed by atoms with Gasteiger partial charge in [0.2, 0.25) is 5.89 Å². The van der Waals surface area contributed by atoms with Crippen molar-refractivity contribution in [2.75, 3.05) is 0 Å². The molecule has 0 aliphatic rings. The molecule has 11 aromatic rings. The lowest BCUT2D eigenvalue weighted by Gasteiger charge is -2.12. The summed E-state index contributed by atoms with van der Waals surface area (Å²) in [7, 11) is 0. The van der Waals surface area contributed by atoms with Crippen LogP contribution in [0.1, 0.15) is 0 Å². The Hall–Kier alpha value is -7.70.